The SMILES string of the molecule is CCCC(=O)c1ccc(SCc2c(C)noc2C)cc1. The van der Waals surface area contributed by atoms with Gasteiger partial charge >= 0.3 is 0 Å². The second-order valence-electron chi connectivity index (χ2n) is 4.79. The highest BCUT2D eigenvalue weighted by Crippen LogP contribution is 2.26. The lowest BCUT2D eigenvalue weighted by atomic mass is 10.1. The smallest absolute Gasteiger partial charge is 0.162 e. The molecule has 2 aromatic rings. The molecule has 106 valence electrons. The number of nitrogens with zero attached hydrogens (tertiary/aromatic N) is 1. The van der Waals surface area contributed by atoms with Crippen LogP contribution in [0.2, 0.25) is 0 Å². The van der Waals surface area contributed by atoms with Gasteiger partial charge in [-0.2, -0.15) is 0 Å². The van der Waals surface area contributed by atoms with Crippen LogP contribution in [0.1, 0.15) is 47.1 Å². The molecule has 0 N–H and O–H groups in total. The maximum Gasteiger partial charge on any atom is 0.162 e. The molecule has 1 heterocycles. The number of Topliss-reactive ketones (excluding diaryl/α,β-unsaturated/α-hetero) is 1. The van der Waals surface area contributed by atoms with E-state index in [1.165, 1.54) is 0 Å². The van der Waals surface area contributed by atoms with E-state index in [1.54, 1.807) is 11.8 Å². The van der Waals surface area contributed by atoms with E-state index in [1.807, 2.05) is 45.0 Å². The van der Waals surface area contributed by atoms with E-state index in [9.17, 15) is 4.79 Å². The number of aromatic nitrogens is 1. The first kappa shape index (κ1) is 14.9. The van der Waals surface area contributed by atoms with Crippen LogP contribution in [0.4, 0.5) is 0 Å². The number of aryl methyl sites for hydroxylation is 2. The minimum absolute atomic E-state index is 0.217. The summed E-state index contributed by atoms with van der Waals surface area (Å²) in [4.78, 5) is 12.9. The number of carbonyl (C=O) groups excluding carboxylic acids is 1. The van der Waals surface area contributed by atoms with Crippen molar-refractivity contribution in [1.82, 2.24) is 5.16 Å². The molecule has 0 aliphatic carbocycles. The van der Waals surface area contributed by atoms with Gasteiger partial charge in [-0.3, -0.25) is 4.79 Å². The zero-order valence-corrected chi connectivity index (χ0v) is 12.9. The number of ketones is 1. The Morgan fingerprint density at radius 2 is 1.95 bits per heavy atom. The molecule has 0 unspecified atom stereocenters. The summed E-state index contributed by atoms with van der Waals surface area (Å²) < 4.78 is 5.15. The maximum atomic E-state index is 11.8. The van der Waals surface area contributed by atoms with Crippen molar-refractivity contribution in [3.63, 3.8) is 0 Å². The van der Waals surface area contributed by atoms with E-state index in [2.05, 4.69) is 5.16 Å². The Balaban J connectivity index is 1.99. The molecule has 4 heteroatoms. The molecule has 0 saturated heterocycles. The Labute approximate surface area is 123 Å². The highest BCUT2D eigenvalue weighted by Gasteiger charge is 2.09. The molecule has 0 radical (unpaired) electrons. The van der Waals surface area contributed by atoms with Crippen LogP contribution in [-0.4, -0.2) is 10.9 Å². The summed E-state index contributed by atoms with van der Waals surface area (Å²) in [6.45, 7) is 5.91. The number of benzene rings is 1. The van der Waals surface area contributed by atoms with Gasteiger partial charge in [-0.25, -0.2) is 0 Å². The average molecular weight is 289 g/mol. The quantitative estimate of drug-likeness (QED) is 0.577. The van der Waals surface area contributed by atoms with E-state index >= 15 is 0 Å². The third-order valence-corrected chi connectivity index (χ3v) is 4.26. The standard InChI is InChI=1S/C16H19NO2S/c1-4-5-16(18)13-6-8-14(9-7-13)20-10-15-11(2)17-19-12(15)3/h6-9H,4-5,10H2,1-3H3. The van der Waals surface area contributed by atoms with Gasteiger partial charge in [0.25, 0.3) is 0 Å². The maximum absolute atomic E-state index is 11.8. The monoisotopic (exact) mass is 289 g/mol. The minimum Gasteiger partial charge on any atom is -0.361 e. The van der Waals surface area contributed by atoms with Gasteiger partial charge in [0, 0.05) is 28.2 Å². The van der Waals surface area contributed by atoms with E-state index in [4.69, 9.17) is 4.52 Å². The number of rotatable bonds is 6. The molecule has 0 aliphatic heterocycles. The lowest BCUT2D eigenvalue weighted by Gasteiger charge is -2.03. The molecule has 0 fully saturated rings. The summed E-state index contributed by atoms with van der Waals surface area (Å²) in [6, 6.07) is 7.83. The normalized spacial score (nSPS) is 10.8. The summed E-state index contributed by atoms with van der Waals surface area (Å²) in [7, 11) is 0. The van der Waals surface area contributed by atoms with Crippen molar-refractivity contribution in [2.24, 2.45) is 0 Å². The molecular weight excluding hydrogens is 270 g/mol. The van der Waals surface area contributed by atoms with Gasteiger partial charge in [-0.15, -0.1) is 11.8 Å². The highest BCUT2D eigenvalue weighted by molar-refractivity contribution is 7.98. The molecule has 0 bridgehead atoms. The molecule has 1 aromatic carbocycles. The van der Waals surface area contributed by atoms with Gasteiger partial charge in [0.2, 0.25) is 0 Å². The summed E-state index contributed by atoms with van der Waals surface area (Å²) in [5.74, 6) is 1.93. The van der Waals surface area contributed by atoms with E-state index < -0.39 is 0 Å². The van der Waals surface area contributed by atoms with Crippen molar-refractivity contribution in [3.8, 4) is 0 Å². The molecule has 0 aliphatic rings. The fourth-order valence-corrected chi connectivity index (χ4v) is 3.02. The van der Waals surface area contributed by atoms with E-state index in [-0.39, 0.29) is 5.78 Å². The largest absolute Gasteiger partial charge is 0.361 e. The van der Waals surface area contributed by atoms with Crippen LogP contribution < -0.4 is 0 Å². The number of hydrogen-bond donors (Lipinski definition) is 0. The van der Waals surface area contributed by atoms with Crippen LogP contribution in [0, 0.1) is 13.8 Å². The second-order valence-corrected chi connectivity index (χ2v) is 5.84. The van der Waals surface area contributed by atoms with Gasteiger partial charge in [0.15, 0.2) is 5.78 Å². The van der Waals surface area contributed by atoms with E-state index in [0.717, 1.165) is 39.7 Å². The molecule has 20 heavy (non-hydrogen) atoms. The van der Waals surface area contributed by atoms with E-state index in [0.29, 0.717) is 6.42 Å². The molecule has 3 nitrogen and oxygen atoms in total. The van der Waals surface area contributed by atoms with Gasteiger partial charge in [0.1, 0.15) is 5.76 Å². The minimum atomic E-state index is 0.217. The highest BCUT2D eigenvalue weighted by atomic mass is 32.2. The predicted octanol–water partition coefficient (Wildman–Crippen LogP) is 4.57. The van der Waals surface area contributed by atoms with Crippen LogP contribution in [0.25, 0.3) is 0 Å². The fourth-order valence-electron chi connectivity index (χ4n) is 1.97. The zero-order chi connectivity index (χ0) is 14.5. The van der Waals surface area contributed by atoms with Crippen LogP contribution in [0.3, 0.4) is 0 Å². The average Bonchev–Trinajstić information content (AvgIpc) is 2.77. The predicted molar refractivity (Wildman–Crippen MR) is 81.2 cm³/mol. The van der Waals surface area contributed by atoms with Crippen molar-refractivity contribution < 1.29 is 9.32 Å². The Morgan fingerprint density at radius 3 is 2.50 bits per heavy atom. The molecule has 0 saturated carbocycles. The molecular formula is C16H19NO2S. The van der Waals surface area contributed by atoms with Gasteiger partial charge in [-0.1, -0.05) is 24.2 Å². The van der Waals surface area contributed by atoms with Gasteiger partial charge in [-0.05, 0) is 32.4 Å². The molecule has 1 aromatic heterocycles. The summed E-state index contributed by atoms with van der Waals surface area (Å²) >= 11 is 1.73. The Morgan fingerprint density at radius 1 is 1.25 bits per heavy atom. The van der Waals surface area contributed by atoms with Crippen molar-refractivity contribution in [3.05, 3.63) is 46.8 Å². The lowest BCUT2D eigenvalue weighted by molar-refractivity contribution is 0.0981. The van der Waals surface area contributed by atoms with Crippen molar-refractivity contribution >= 4 is 17.5 Å². The van der Waals surface area contributed by atoms with Crippen LogP contribution in [-0.2, 0) is 5.75 Å². The number of thioether (sulfide) groups is 1. The molecule has 0 atom stereocenters. The third kappa shape index (κ3) is 3.51. The van der Waals surface area contributed by atoms with Crippen LogP contribution in [0.5, 0.6) is 0 Å². The lowest BCUT2D eigenvalue weighted by Crippen LogP contribution is -1.97. The number of carbonyl (C=O) groups is 1. The van der Waals surface area contributed by atoms with Crippen molar-refractivity contribution in [2.45, 2.75) is 44.3 Å². The third-order valence-electron chi connectivity index (χ3n) is 3.22. The van der Waals surface area contributed by atoms with Gasteiger partial charge < -0.3 is 4.52 Å². The Hall–Kier alpha value is -1.55. The van der Waals surface area contributed by atoms with Gasteiger partial charge in [0.05, 0.1) is 5.69 Å². The topological polar surface area (TPSA) is 43.1 Å². The van der Waals surface area contributed by atoms with Crippen molar-refractivity contribution in [1.29, 1.82) is 0 Å². The van der Waals surface area contributed by atoms with Crippen LogP contribution >= 0.6 is 11.8 Å². The van der Waals surface area contributed by atoms with Crippen molar-refractivity contribution in [2.75, 3.05) is 0 Å². The molecule has 2 rings (SSSR count). The fraction of sp³-hybridized carbons (Fsp3) is 0.375. The zero-order valence-electron chi connectivity index (χ0n) is 12.1. The first-order valence-electron chi connectivity index (χ1n) is 6.79. The Kier molecular flexibility index (Phi) is 5.01. The molecule has 0 amide bonds. The summed E-state index contributed by atoms with van der Waals surface area (Å²) in [6.07, 6.45) is 1.51. The second kappa shape index (κ2) is 6.75. The first-order chi connectivity index (χ1) is 9.61. The van der Waals surface area contributed by atoms with Crippen LogP contribution in [0.15, 0.2) is 33.7 Å². The first-order valence-corrected chi connectivity index (χ1v) is 7.78. The number of hydrogen-bond acceptors (Lipinski definition) is 4. The summed E-state index contributed by atoms with van der Waals surface area (Å²) in [5, 5.41) is 3.95. The Bertz CT molecular complexity index is 568. The molecule has 0 spiro atoms. The summed E-state index contributed by atoms with van der Waals surface area (Å²) in [5.41, 5.74) is 2.90.